The lowest BCUT2D eigenvalue weighted by molar-refractivity contribution is -0.188. The van der Waals surface area contributed by atoms with Crippen LogP contribution >= 0.6 is 0 Å². The van der Waals surface area contributed by atoms with E-state index in [1.807, 2.05) is 24.4 Å². The molecule has 1 saturated heterocycles. The molecule has 0 aromatic heterocycles. The van der Waals surface area contributed by atoms with Crippen molar-refractivity contribution in [1.29, 1.82) is 5.26 Å². The predicted octanol–water partition coefficient (Wildman–Crippen LogP) is 3.46. The second-order valence-electron chi connectivity index (χ2n) is 9.46. The molecule has 2 N–H and O–H groups in total. The minimum atomic E-state index is -0.520. The summed E-state index contributed by atoms with van der Waals surface area (Å²) in [4.78, 5) is 4.39. The predicted molar refractivity (Wildman–Crippen MR) is 146 cm³/mol. The Kier molecular flexibility index (Phi) is 10.8. The van der Waals surface area contributed by atoms with Gasteiger partial charge >= 0.3 is 0 Å². The van der Waals surface area contributed by atoms with Crippen molar-refractivity contribution >= 4 is 5.96 Å². The minimum Gasteiger partial charge on any atom is -0.493 e. The van der Waals surface area contributed by atoms with Crippen molar-refractivity contribution < 1.29 is 28.4 Å². The molecule has 1 aliphatic heterocycles. The first-order chi connectivity index (χ1) is 19.1. The molecule has 10 nitrogen and oxygen atoms in total. The topological polar surface area (TPSA) is 116 Å². The molecule has 2 unspecified atom stereocenters. The molecule has 1 fully saturated rings. The Balaban J connectivity index is 1.52. The van der Waals surface area contributed by atoms with Crippen LogP contribution in [0.3, 0.4) is 0 Å². The molecule has 0 amide bonds. The summed E-state index contributed by atoms with van der Waals surface area (Å²) in [5.74, 6) is 1.62. The first kappa shape index (κ1) is 28.6. The van der Waals surface area contributed by atoms with Gasteiger partial charge in [0.05, 0.1) is 13.7 Å². The summed E-state index contributed by atoms with van der Waals surface area (Å²) >= 11 is 0. The first-order valence-electron chi connectivity index (χ1n) is 13.3. The normalized spacial score (nSPS) is 18.3. The number of fused-ring (bicyclic) bond motifs is 1. The van der Waals surface area contributed by atoms with Crippen molar-refractivity contribution in [2.24, 2.45) is 4.99 Å². The molecule has 1 aliphatic carbocycles. The smallest absolute Gasteiger partial charge is 0.204 e. The summed E-state index contributed by atoms with van der Waals surface area (Å²) in [6.45, 7) is 1.21. The third-order valence-electron chi connectivity index (χ3n) is 6.87. The van der Waals surface area contributed by atoms with Gasteiger partial charge in [0.25, 0.3) is 0 Å². The number of guanidine groups is 1. The molecule has 2 aromatic carbocycles. The molecule has 0 bridgehead atoms. The van der Waals surface area contributed by atoms with Crippen LogP contribution in [0.2, 0.25) is 0 Å². The zero-order valence-corrected chi connectivity index (χ0v) is 22.9. The SMILES string of the molecule is COc1ccc(C(CNC(=NCC(OC)OC)NC#N)OC2CCCCO2)cc1OC1Cc2ccccc2C1. The summed E-state index contributed by atoms with van der Waals surface area (Å²) < 4.78 is 34.8. The standard InChI is InChI=1S/C29H38N4O6/c1-34-24-12-11-22(16-25(24)38-23-14-20-8-4-5-9-21(20)15-23)26(39-27-10-6-7-13-37-27)17-31-29(33-19-30)32-18-28(35-2)36-3/h4-5,8-9,11-12,16,23,26-28H,6-7,10,13-15,17-18H2,1-3H3,(H2,31,32,33). The third kappa shape index (κ3) is 8.07. The van der Waals surface area contributed by atoms with Crippen LogP contribution in [0.1, 0.15) is 42.1 Å². The van der Waals surface area contributed by atoms with Gasteiger partial charge in [0.2, 0.25) is 5.96 Å². The molecule has 10 heteroatoms. The van der Waals surface area contributed by atoms with Crippen molar-refractivity contribution in [2.45, 2.75) is 56.9 Å². The van der Waals surface area contributed by atoms with E-state index in [1.165, 1.54) is 25.3 Å². The lowest BCUT2D eigenvalue weighted by atomic mass is 10.1. The van der Waals surface area contributed by atoms with Gasteiger partial charge in [-0.2, -0.15) is 5.26 Å². The summed E-state index contributed by atoms with van der Waals surface area (Å²) in [7, 11) is 4.71. The van der Waals surface area contributed by atoms with Gasteiger partial charge in [-0.15, -0.1) is 0 Å². The summed E-state index contributed by atoms with van der Waals surface area (Å²) in [6.07, 6.45) is 5.28. The fraction of sp³-hybridized carbons (Fsp3) is 0.517. The van der Waals surface area contributed by atoms with Crippen LogP contribution in [0, 0.1) is 11.5 Å². The molecule has 2 atom stereocenters. The number of aliphatic imine (C=N–C) groups is 1. The third-order valence-corrected chi connectivity index (χ3v) is 6.87. The molecule has 39 heavy (non-hydrogen) atoms. The molecular formula is C29H38N4O6. The Morgan fingerprint density at radius 2 is 1.85 bits per heavy atom. The summed E-state index contributed by atoms with van der Waals surface area (Å²) in [5.41, 5.74) is 3.53. The Bertz CT molecular complexity index is 1100. The monoisotopic (exact) mass is 538 g/mol. The molecule has 2 aromatic rings. The number of hydrogen-bond donors (Lipinski definition) is 2. The number of nitrogens with zero attached hydrogens (tertiary/aromatic N) is 2. The average molecular weight is 539 g/mol. The van der Waals surface area contributed by atoms with E-state index < -0.39 is 12.4 Å². The van der Waals surface area contributed by atoms with Crippen molar-refractivity contribution in [3.63, 3.8) is 0 Å². The van der Waals surface area contributed by atoms with E-state index >= 15 is 0 Å². The van der Waals surface area contributed by atoms with Crippen LogP contribution in [0.15, 0.2) is 47.5 Å². The average Bonchev–Trinajstić information content (AvgIpc) is 3.38. The van der Waals surface area contributed by atoms with Gasteiger partial charge in [-0.25, -0.2) is 4.99 Å². The van der Waals surface area contributed by atoms with E-state index in [0.717, 1.165) is 37.7 Å². The molecule has 4 rings (SSSR count). The molecule has 210 valence electrons. The van der Waals surface area contributed by atoms with Crippen LogP contribution < -0.4 is 20.1 Å². The molecular weight excluding hydrogens is 500 g/mol. The van der Waals surface area contributed by atoms with Gasteiger partial charge in [0.1, 0.15) is 12.2 Å². The molecule has 0 radical (unpaired) electrons. The Labute approximate surface area is 230 Å². The van der Waals surface area contributed by atoms with E-state index in [4.69, 9.17) is 28.4 Å². The van der Waals surface area contributed by atoms with Gasteiger partial charge in [0, 0.05) is 40.2 Å². The van der Waals surface area contributed by atoms with Crippen LogP contribution in [0.4, 0.5) is 0 Å². The van der Waals surface area contributed by atoms with Crippen molar-refractivity contribution in [3.8, 4) is 17.7 Å². The van der Waals surface area contributed by atoms with Gasteiger partial charge in [-0.05, 0) is 48.1 Å². The maximum atomic E-state index is 9.23. The van der Waals surface area contributed by atoms with Crippen molar-refractivity contribution in [3.05, 3.63) is 59.2 Å². The molecule has 0 spiro atoms. The highest BCUT2D eigenvalue weighted by Crippen LogP contribution is 2.35. The van der Waals surface area contributed by atoms with Gasteiger partial charge in [0.15, 0.2) is 30.3 Å². The highest BCUT2D eigenvalue weighted by atomic mass is 16.7. The Morgan fingerprint density at radius 1 is 1.08 bits per heavy atom. The number of nitriles is 1. The zero-order chi connectivity index (χ0) is 27.5. The van der Waals surface area contributed by atoms with Crippen LogP contribution in [0.25, 0.3) is 0 Å². The molecule has 2 aliphatic rings. The largest absolute Gasteiger partial charge is 0.493 e. The highest BCUT2D eigenvalue weighted by molar-refractivity contribution is 5.81. The summed E-state index contributed by atoms with van der Waals surface area (Å²) in [6, 6.07) is 14.3. The number of hydrogen-bond acceptors (Lipinski definition) is 8. The van der Waals surface area contributed by atoms with Gasteiger partial charge < -0.3 is 33.7 Å². The fourth-order valence-corrected chi connectivity index (χ4v) is 4.81. The van der Waals surface area contributed by atoms with Crippen molar-refractivity contribution in [2.75, 3.05) is 41.0 Å². The van der Waals surface area contributed by atoms with Crippen LogP contribution in [-0.2, 0) is 31.8 Å². The number of methoxy groups -OCH3 is 3. The van der Waals surface area contributed by atoms with Gasteiger partial charge in [-0.3, -0.25) is 5.32 Å². The van der Waals surface area contributed by atoms with Gasteiger partial charge in [-0.1, -0.05) is 30.3 Å². The number of rotatable bonds is 12. The minimum absolute atomic E-state index is 0.0267. The van der Waals surface area contributed by atoms with Crippen LogP contribution in [-0.4, -0.2) is 65.7 Å². The lowest BCUT2D eigenvalue weighted by Gasteiger charge is -2.29. The maximum absolute atomic E-state index is 9.23. The second-order valence-corrected chi connectivity index (χ2v) is 9.46. The molecule has 0 saturated carbocycles. The van der Waals surface area contributed by atoms with E-state index in [0.29, 0.717) is 30.6 Å². The molecule has 1 heterocycles. The number of benzene rings is 2. The van der Waals surface area contributed by atoms with E-state index in [9.17, 15) is 5.26 Å². The Hall–Kier alpha value is -3.36. The van der Waals surface area contributed by atoms with Crippen molar-refractivity contribution in [1.82, 2.24) is 10.6 Å². The fourth-order valence-electron chi connectivity index (χ4n) is 4.81. The first-order valence-corrected chi connectivity index (χ1v) is 13.3. The van der Waals surface area contributed by atoms with E-state index in [-0.39, 0.29) is 18.9 Å². The number of ether oxygens (including phenoxy) is 6. The Morgan fingerprint density at radius 3 is 2.49 bits per heavy atom. The summed E-state index contributed by atoms with van der Waals surface area (Å²) in [5, 5.41) is 15.0. The zero-order valence-electron chi connectivity index (χ0n) is 22.9. The van der Waals surface area contributed by atoms with E-state index in [2.05, 4.69) is 39.9 Å². The second kappa shape index (κ2) is 14.7. The maximum Gasteiger partial charge on any atom is 0.204 e. The quantitative estimate of drug-likeness (QED) is 0.138. The number of nitrogens with one attached hydrogen (secondary N) is 2. The van der Waals surface area contributed by atoms with E-state index in [1.54, 1.807) is 7.11 Å². The van der Waals surface area contributed by atoms with Crippen LogP contribution in [0.5, 0.6) is 11.5 Å². The lowest BCUT2D eigenvalue weighted by Crippen LogP contribution is -2.39. The highest BCUT2D eigenvalue weighted by Gasteiger charge is 2.26.